The summed E-state index contributed by atoms with van der Waals surface area (Å²) in [5.41, 5.74) is 0.832. The maximum Gasteiger partial charge on any atom is 0.170 e. The predicted octanol–water partition coefficient (Wildman–Crippen LogP) is 3.96. The summed E-state index contributed by atoms with van der Waals surface area (Å²) in [6, 6.07) is 4.82. The number of aliphatic hydroxyl groups excluding tert-OH is 1. The van der Waals surface area contributed by atoms with Crippen molar-refractivity contribution in [1.82, 2.24) is 0 Å². The van der Waals surface area contributed by atoms with Gasteiger partial charge in [0.1, 0.15) is 11.9 Å². The van der Waals surface area contributed by atoms with E-state index in [0.29, 0.717) is 5.76 Å². The lowest BCUT2D eigenvalue weighted by molar-refractivity contribution is 0.0447. The molecule has 0 aliphatic carbocycles. The summed E-state index contributed by atoms with van der Waals surface area (Å²) < 4.78 is 19.0. The predicted molar refractivity (Wildman–Crippen MR) is 65.3 cm³/mol. The summed E-state index contributed by atoms with van der Waals surface area (Å²) in [4.78, 5) is 0. The maximum absolute atomic E-state index is 13.6. The van der Waals surface area contributed by atoms with Crippen LogP contribution in [0.3, 0.4) is 0 Å². The molecule has 2 rings (SSSR count). The fourth-order valence-corrected chi connectivity index (χ4v) is 1.81. The van der Waals surface area contributed by atoms with Crippen LogP contribution in [0.15, 0.2) is 22.6 Å². The molecule has 2 aromatic rings. The van der Waals surface area contributed by atoms with Crippen molar-refractivity contribution in [1.29, 1.82) is 0 Å². The van der Waals surface area contributed by atoms with E-state index in [9.17, 15) is 9.50 Å². The Hall–Kier alpha value is -1.35. The van der Waals surface area contributed by atoms with Crippen LogP contribution in [0.5, 0.6) is 0 Å². The van der Waals surface area contributed by atoms with E-state index in [1.165, 1.54) is 6.07 Å². The zero-order chi connectivity index (χ0) is 12.8. The van der Waals surface area contributed by atoms with Gasteiger partial charge in [0.25, 0.3) is 0 Å². The number of aryl methyl sites for hydroxylation is 1. The van der Waals surface area contributed by atoms with Crippen LogP contribution in [0, 0.1) is 18.2 Å². The molecule has 1 aromatic heterocycles. The molecule has 2 nitrogen and oxygen atoms in total. The Morgan fingerprint density at radius 2 is 1.94 bits per heavy atom. The van der Waals surface area contributed by atoms with Crippen LogP contribution >= 0.6 is 0 Å². The number of aliphatic hydroxyl groups is 1. The molecule has 1 atom stereocenters. The summed E-state index contributed by atoms with van der Waals surface area (Å²) in [6.45, 7) is 7.63. The molecule has 3 heteroatoms. The Bertz CT molecular complexity index is 510. The van der Waals surface area contributed by atoms with Crippen LogP contribution in [0.25, 0.3) is 11.0 Å². The van der Waals surface area contributed by atoms with Gasteiger partial charge in [-0.2, -0.15) is 0 Å². The zero-order valence-corrected chi connectivity index (χ0v) is 10.5. The number of fused-ring (bicyclic) bond motifs is 1. The molecular weight excluding hydrogens is 219 g/mol. The lowest BCUT2D eigenvalue weighted by Gasteiger charge is -2.23. The van der Waals surface area contributed by atoms with Crippen molar-refractivity contribution in [3.05, 3.63) is 35.3 Å². The third-order valence-corrected chi connectivity index (χ3v) is 2.96. The van der Waals surface area contributed by atoms with E-state index in [1.54, 1.807) is 12.1 Å². The lowest BCUT2D eigenvalue weighted by Crippen LogP contribution is -2.17. The quantitative estimate of drug-likeness (QED) is 0.813. The Kier molecular flexibility index (Phi) is 2.74. The van der Waals surface area contributed by atoms with E-state index >= 15 is 0 Å². The van der Waals surface area contributed by atoms with Gasteiger partial charge >= 0.3 is 0 Å². The van der Waals surface area contributed by atoms with Gasteiger partial charge in [-0.25, -0.2) is 4.39 Å². The van der Waals surface area contributed by atoms with E-state index in [-0.39, 0.29) is 11.0 Å². The zero-order valence-electron chi connectivity index (χ0n) is 10.5. The Balaban J connectivity index is 2.59. The number of rotatable bonds is 1. The lowest BCUT2D eigenvalue weighted by atomic mass is 9.87. The van der Waals surface area contributed by atoms with E-state index in [0.717, 1.165) is 10.9 Å². The van der Waals surface area contributed by atoms with Crippen molar-refractivity contribution >= 4 is 11.0 Å². The molecule has 1 N–H and O–H groups in total. The first-order valence-corrected chi connectivity index (χ1v) is 5.67. The van der Waals surface area contributed by atoms with E-state index in [4.69, 9.17) is 4.42 Å². The van der Waals surface area contributed by atoms with Crippen LogP contribution in [-0.2, 0) is 0 Å². The van der Waals surface area contributed by atoms with Gasteiger partial charge in [0.05, 0.1) is 0 Å². The fourth-order valence-electron chi connectivity index (χ4n) is 1.81. The monoisotopic (exact) mass is 236 g/mol. The third kappa shape index (κ3) is 2.07. The molecule has 1 heterocycles. The SMILES string of the molecule is Cc1ccc(F)c2oc(C(O)C(C)(C)C)cc12. The Morgan fingerprint density at radius 1 is 1.29 bits per heavy atom. The normalized spacial score (nSPS) is 14.2. The molecule has 1 aromatic carbocycles. The summed E-state index contributed by atoms with van der Waals surface area (Å²) >= 11 is 0. The second-order valence-corrected chi connectivity index (χ2v) is 5.52. The van der Waals surface area contributed by atoms with Gasteiger partial charge in [-0.15, -0.1) is 0 Å². The molecule has 0 radical (unpaired) electrons. The molecule has 0 amide bonds. The van der Waals surface area contributed by atoms with Gasteiger partial charge < -0.3 is 9.52 Å². The van der Waals surface area contributed by atoms with Crippen LogP contribution < -0.4 is 0 Å². The minimum Gasteiger partial charge on any atom is -0.455 e. The molecule has 92 valence electrons. The highest BCUT2D eigenvalue weighted by molar-refractivity contribution is 5.82. The highest BCUT2D eigenvalue weighted by Crippen LogP contribution is 2.36. The summed E-state index contributed by atoms with van der Waals surface area (Å²) in [7, 11) is 0. The van der Waals surface area contributed by atoms with Gasteiger partial charge in [-0.3, -0.25) is 0 Å². The van der Waals surface area contributed by atoms with Crippen LogP contribution in [-0.4, -0.2) is 5.11 Å². The molecule has 0 fully saturated rings. The number of halogens is 1. The topological polar surface area (TPSA) is 33.4 Å². The van der Waals surface area contributed by atoms with Crippen LogP contribution in [0.2, 0.25) is 0 Å². The molecule has 0 spiro atoms. The largest absolute Gasteiger partial charge is 0.455 e. The number of hydrogen-bond acceptors (Lipinski definition) is 2. The first-order chi connectivity index (χ1) is 7.80. The molecule has 17 heavy (non-hydrogen) atoms. The van der Waals surface area contributed by atoms with Crippen molar-refractivity contribution in [2.24, 2.45) is 5.41 Å². The second-order valence-electron chi connectivity index (χ2n) is 5.52. The van der Waals surface area contributed by atoms with Gasteiger partial charge in [-0.1, -0.05) is 26.8 Å². The van der Waals surface area contributed by atoms with Gasteiger partial charge in [0, 0.05) is 5.39 Å². The third-order valence-electron chi connectivity index (χ3n) is 2.96. The van der Waals surface area contributed by atoms with Crippen LogP contribution in [0.1, 0.15) is 38.2 Å². The Morgan fingerprint density at radius 3 is 2.47 bits per heavy atom. The van der Waals surface area contributed by atoms with Crippen molar-refractivity contribution in [3.63, 3.8) is 0 Å². The molecule has 0 saturated carbocycles. The Labute approximate surface area is 100 Å². The van der Waals surface area contributed by atoms with Gasteiger partial charge in [0.2, 0.25) is 0 Å². The number of benzene rings is 1. The maximum atomic E-state index is 13.6. The highest BCUT2D eigenvalue weighted by atomic mass is 19.1. The second kappa shape index (κ2) is 3.84. The van der Waals surface area contributed by atoms with Crippen molar-refractivity contribution in [3.8, 4) is 0 Å². The van der Waals surface area contributed by atoms with E-state index < -0.39 is 11.9 Å². The first-order valence-electron chi connectivity index (χ1n) is 5.67. The van der Waals surface area contributed by atoms with Crippen molar-refractivity contribution in [2.45, 2.75) is 33.8 Å². The average Bonchev–Trinajstić information content (AvgIpc) is 2.67. The van der Waals surface area contributed by atoms with Gasteiger partial charge in [-0.05, 0) is 30.0 Å². The standard InChI is InChI=1S/C14H17FO2/c1-8-5-6-10(15)12-9(8)7-11(17-12)13(16)14(2,3)4/h5-7,13,16H,1-4H3. The van der Waals surface area contributed by atoms with E-state index in [2.05, 4.69) is 0 Å². The van der Waals surface area contributed by atoms with Crippen molar-refractivity contribution in [2.75, 3.05) is 0 Å². The molecule has 0 aliphatic heterocycles. The fraction of sp³-hybridized carbons (Fsp3) is 0.429. The molecule has 0 aliphatic rings. The van der Waals surface area contributed by atoms with Gasteiger partial charge in [0.15, 0.2) is 11.4 Å². The molecule has 0 bridgehead atoms. The molecular formula is C14H17FO2. The highest BCUT2D eigenvalue weighted by Gasteiger charge is 2.27. The molecule has 1 unspecified atom stereocenters. The average molecular weight is 236 g/mol. The van der Waals surface area contributed by atoms with E-state index in [1.807, 2.05) is 27.7 Å². The minimum absolute atomic E-state index is 0.225. The number of hydrogen-bond donors (Lipinski definition) is 1. The van der Waals surface area contributed by atoms with Crippen molar-refractivity contribution < 1.29 is 13.9 Å². The molecule has 0 saturated heterocycles. The smallest absolute Gasteiger partial charge is 0.170 e. The number of furan rings is 1. The summed E-state index contributed by atoms with van der Waals surface area (Å²) in [6.07, 6.45) is -0.742. The van der Waals surface area contributed by atoms with Crippen LogP contribution in [0.4, 0.5) is 4.39 Å². The summed E-state index contributed by atoms with van der Waals surface area (Å²) in [5, 5.41) is 10.8. The minimum atomic E-state index is -0.742. The summed E-state index contributed by atoms with van der Waals surface area (Å²) in [5.74, 6) is 0.0265. The first kappa shape index (κ1) is 12.1.